The molecule has 2 bridgehead atoms. The van der Waals surface area contributed by atoms with Gasteiger partial charge in [-0.25, -0.2) is 0 Å². The third-order valence-electron chi connectivity index (χ3n) is 3.16. The topological polar surface area (TPSA) is 82.4 Å². The Bertz CT molecular complexity index is 499. The number of aliphatic hydroxyl groups excluding tert-OH is 1. The van der Waals surface area contributed by atoms with Crippen LogP contribution < -0.4 is 4.74 Å². The third-order valence-corrected chi connectivity index (χ3v) is 3.91. The fourth-order valence-corrected chi connectivity index (χ4v) is 2.87. The first-order valence-electron chi connectivity index (χ1n) is 7.01. The Kier molecular flexibility index (Phi) is 4.69. The van der Waals surface area contributed by atoms with Gasteiger partial charge in [0.2, 0.25) is 5.90 Å². The van der Waals surface area contributed by atoms with E-state index >= 15 is 0 Å². The summed E-state index contributed by atoms with van der Waals surface area (Å²) in [5.74, 6) is -0.716. The number of hydrogen-bond acceptors (Lipinski definition) is 8. The zero-order valence-corrected chi connectivity index (χ0v) is 12.4. The highest BCUT2D eigenvalue weighted by Gasteiger charge is 2.36. The summed E-state index contributed by atoms with van der Waals surface area (Å²) in [6.07, 6.45) is 2.63. The number of nitrogens with zero attached hydrogens (tertiary/aromatic N) is 2. The fourth-order valence-electron chi connectivity index (χ4n) is 2.20. The molecule has 0 aliphatic carbocycles. The van der Waals surface area contributed by atoms with E-state index in [4.69, 9.17) is 24.1 Å². The molecule has 1 aromatic heterocycles. The van der Waals surface area contributed by atoms with Crippen molar-refractivity contribution in [3.63, 3.8) is 0 Å². The van der Waals surface area contributed by atoms with E-state index in [2.05, 4.69) is 9.98 Å². The second-order valence-corrected chi connectivity index (χ2v) is 5.52. The van der Waals surface area contributed by atoms with Gasteiger partial charge in [0.1, 0.15) is 18.9 Å². The van der Waals surface area contributed by atoms with Crippen molar-refractivity contribution in [2.24, 2.45) is 4.99 Å². The lowest BCUT2D eigenvalue weighted by molar-refractivity contribution is -0.252. The molecule has 116 valence electrons. The van der Waals surface area contributed by atoms with Crippen LogP contribution in [0.1, 0.15) is 25.0 Å². The molecular formula is C13H18N2O5S. The van der Waals surface area contributed by atoms with E-state index in [1.807, 2.05) is 5.38 Å². The van der Waals surface area contributed by atoms with E-state index in [-0.39, 0.29) is 13.2 Å². The molecule has 21 heavy (non-hydrogen) atoms. The van der Waals surface area contributed by atoms with Gasteiger partial charge in [-0.05, 0) is 12.8 Å². The number of thiazole rings is 1. The third kappa shape index (κ3) is 3.52. The summed E-state index contributed by atoms with van der Waals surface area (Å²) in [6, 6.07) is 0. The number of aliphatic hydroxyl groups is 1. The van der Waals surface area contributed by atoms with Gasteiger partial charge in [0.25, 0.3) is 11.1 Å². The van der Waals surface area contributed by atoms with Crippen molar-refractivity contribution in [3.05, 3.63) is 11.1 Å². The normalized spacial score (nSPS) is 26.0. The van der Waals surface area contributed by atoms with Gasteiger partial charge < -0.3 is 24.1 Å². The Hall–Kier alpha value is -1.22. The van der Waals surface area contributed by atoms with Crippen LogP contribution in [0.5, 0.6) is 5.19 Å². The average Bonchev–Trinajstić information content (AvgIpc) is 2.97. The molecule has 1 spiro atoms. The van der Waals surface area contributed by atoms with Gasteiger partial charge in [0.15, 0.2) is 0 Å². The largest absolute Gasteiger partial charge is 0.474 e. The van der Waals surface area contributed by atoms with E-state index in [1.165, 1.54) is 11.3 Å². The average molecular weight is 314 g/mol. The van der Waals surface area contributed by atoms with Gasteiger partial charge in [-0.1, -0.05) is 11.3 Å². The van der Waals surface area contributed by atoms with Crippen LogP contribution in [0, 0.1) is 0 Å². The lowest BCUT2D eigenvalue weighted by atomic mass is 10.1. The Morgan fingerprint density at radius 3 is 3.00 bits per heavy atom. The Balaban J connectivity index is 1.93. The summed E-state index contributed by atoms with van der Waals surface area (Å²) in [4.78, 5) is 8.87. The van der Waals surface area contributed by atoms with E-state index in [0.29, 0.717) is 43.0 Å². The van der Waals surface area contributed by atoms with E-state index in [1.54, 1.807) is 0 Å². The molecule has 1 fully saturated rings. The molecule has 0 amide bonds. The van der Waals surface area contributed by atoms with Crippen LogP contribution in [-0.4, -0.2) is 54.9 Å². The molecular weight excluding hydrogens is 296 g/mol. The van der Waals surface area contributed by atoms with Crippen LogP contribution in [0.25, 0.3) is 0 Å². The van der Waals surface area contributed by atoms with Crippen molar-refractivity contribution in [2.75, 3.05) is 33.0 Å². The summed E-state index contributed by atoms with van der Waals surface area (Å²) in [5, 5.41) is 11.3. The van der Waals surface area contributed by atoms with Crippen molar-refractivity contribution < 1.29 is 24.1 Å². The van der Waals surface area contributed by atoms with Crippen molar-refractivity contribution in [2.45, 2.75) is 25.2 Å². The standard InChI is InChI=1S/C13H18N2O5S/c16-4-6-17-11-10-9-21-12(14-10)18-7-8-20-13(15-11)3-1-2-5-19-13/h9,16H,1-8H2/t13-/m0/s1. The second kappa shape index (κ2) is 6.69. The minimum Gasteiger partial charge on any atom is -0.474 e. The van der Waals surface area contributed by atoms with Gasteiger partial charge in [-0.2, -0.15) is 9.98 Å². The van der Waals surface area contributed by atoms with Crippen LogP contribution in [0.2, 0.25) is 0 Å². The van der Waals surface area contributed by atoms with Crippen molar-refractivity contribution in [1.82, 2.24) is 4.98 Å². The number of aliphatic imine (C=N–C) groups is 1. The molecule has 1 N–H and O–H groups in total. The highest BCUT2D eigenvalue weighted by Crippen LogP contribution is 2.30. The van der Waals surface area contributed by atoms with Crippen molar-refractivity contribution in [3.8, 4) is 5.19 Å². The zero-order valence-electron chi connectivity index (χ0n) is 11.6. The Morgan fingerprint density at radius 1 is 1.29 bits per heavy atom. The van der Waals surface area contributed by atoms with Crippen LogP contribution in [0.4, 0.5) is 0 Å². The van der Waals surface area contributed by atoms with E-state index < -0.39 is 5.91 Å². The molecule has 1 aromatic rings. The zero-order chi connectivity index (χ0) is 14.5. The van der Waals surface area contributed by atoms with Gasteiger partial charge in [-0.15, -0.1) is 0 Å². The summed E-state index contributed by atoms with van der Waals surface area (Å²) in [6.45, 7) is 1.41. The Morgan fingerprint density at radius 2 is 2.19 bits per heavy atom. The summed E-state index contributed by atoms with van der Waals surface area (Å²) in [5.41, 5.74) is 0.572. The molecule has 0 saturated carbocycles. The molecule has 0 radical (unpaired) electrons. The maximum absolute atomic E-state index is 8.97. The van der Waals surface area contributed by atoms with Gasteiger partial charge in [0, 0.05) is 11.8 Å². The quantitative estimate of drug-likeness (QED) is 0.882. The van der Waals surface area contributed by atoms with Gasteiger partial charge >= 0.3 is 0 Å². The highest BCUT2D eigenvalue weighted by atomic mass is 32.1. The second-order valence-electron chi connectivity index (χ2n) is 4.70. The predicted molar refractivity (Wildman–Crippen MR) is 75.7 cm³/mol. The smallest absolute Gasteiger partial charge is 0.273 e. The van der Waals surface area contributed by atoms with Gasteiger partial charge in [0.05, 0.1) is 19.8 Å². The number of aromatic nitrogens is 1. The number of rotatable bonds is 2. The maximum Gasteiger partial charge on any atom is 0.273 e. The first kappa shape index (κ1) is 14.7. The van der Waals surface area contributed by atoms with Gasteiger partial charge in [-0.3, -0.25) is 0 Å². The first-order chi connectivity index (χ1) is 10.3. The minimum absolute atomic E-state index is 0.0960. The molecule has 0 aromatic carbocycles. The lowest BCUT2D eigenvalue weighted by Gasteiger charge is -2.33. The number of fused-ring (bicyclic) bond motifs is 2. The first-order valence-corrected chi connectivity index (χ1v) is 7.89. The molecule has 3 heterocycles. The summed E-state index contributed by atoms with van der Waals surface area (Å²) < 4.78 is 22.6. The molecule has 2 aliphatic rings. The van der Waals surface area contributed by atoms with E-state index in [0.717, 1.165) is 12.8 Å². The molecule has 1 saturated heterocycles. The van der Waals surface area contributed by atoms with Crippen LogP contribution in [0.3, 0.4) is 0 Å². The predicted octanol–water partition coefficient (Wildman–Crippen LogP) is 1.16. The van der Waals surface area contributed by atoms with E-state index in [9.17, 15) is 0 Å². The molecule has 3 rings (SSSR count). The lowest BCUT2D eigenvalue weighted by Crippen LogP contribution is -2.40. The minimum atomic E-state index is -1.03. The van der Waals surface area contributed by atoms with Crippen LogP contribution in [0.15, 0.2) is 10.4 Å². The summed E-state index contributed by atoms with van der Waals surface area (Å²) in [7, 11) is 0. The number of ether oxygens (including phenoxy) is 4. The highest BCUT2D eigenvalue weighted by molar-refractivity contribution is 7.11. The molecule has 0 unspecified atom stereocenters. The summed E-state index contributed by atoms with van der Waals surface area (Å²) >= 11 is 1.38. The Labute approximate surface area is 126 Å². The molecule has 1 atom stereocenters. The van der Waals surface area contributed by atoms with Crippen LogP contribution >= 0.6 is 11.3 Å². The molecule has 7 nitrogen and oxygen atoms in total. The molecule has 2 aliphatic heterocycles. The maximum atomic E-state index is 8.97. The number of hydrogen-bond donors (Lipinski definition) is 1. The fraction of sp³-hybridized carbons (Fsp3) is 0.692. The monoisotopic (exact) mass is 314 g/mol. The molecule has 8 heteroatoms. The van der Waals surface area contributed by atoms with Crippen LogP contribution in [-0.2, 0) is 14.2 Å². The van der Waals surface area contributed by atoms with Crippen molar-refractivity contribution >= 4 is 17.2 Å². The SMILES string of the molecule is OCCOC1=N[C@]2(CCCCO2)OCCOc2nc1cs2. The van der Waals surface area contributed by atoms with Crippen molar-refractivity contribution in [1.29, 1.82) is 0 Å².